The molecule has 0 aliphatic rings. The number of thiazole rings is 1. The molecule has 0 bridgehead atoms. The average molecular weight is 305 g/mol. The molecule has 0 radical (unpaired) electrons. The van der Waals surface area contributed by atoms with Crippen LogP contribution in [0.1, 0.15) is 57.4 Å². The molecule has 2 nitrogen and oxygen atoms in total. The second kappa shape index (κ2) is 9.16. The van der Waals surface area contributed by atoms with Crippen LogP contribution in [-0.2, 0) is 6.42 Å². The first kappa shape index (κ1) is 16.4. The maximum absolute atomic E-state index is 4.68. The minimum Gasteiger partial charge on any atom is -0.314 e. The number of fused-ring (bicyclic) bond motifs is 1. The lowest BCUT2D eigenvalue weighted by Crippen LogP contribution is -2.27. The Bertz CT molecular complexity index is 488. The fourth-order valence-corrected chi connectivity index (χ4v) is 3.58. The summed E-state index contributed by atoms with van der Waals surface area (Å²) < 4.78 is 1.30. The Kier molecular flexibility index (Phi) is 7.17. The molecule has 116 valence electrons. The SMILES string of the molecule is CCCCCCCC(C)NCCc1nc2ccccc2s1. The molecular weight excluding hydrogens is 276 g/mol. The van der Waals surface area contributed by atoms with Crippen molar-refractivity contribution >= 4 is 21.6 Å². The third-order valence-corrected chi connectivity index (χ3v) is 5.01. The van der Waals surface area contributed by atoms with Gasteiger partial charge in [0.25, 0.3) is 0 Å². The molecule has 21 heavy (non-hydrogen) atoms. The summed E-state index contributed by atoms with van der Waals surface area (Å²) in [7, 11) is 0. The van der Waals surface area contributed by atoms with Gasteiger partial charge in [-0.1, -0.05) is 51.2 Å². The molecule has 1 unspecified atom stereocenters. The molecule has 1 heterocycles. The molecule has 0 saturated carbocycles. The van der Waals surface area contributed by atoms with Gasteiger partial charge in [0.15, 0.2) is 0 Å². The number of hydrogen-bond donors (Lipinski definition) is 1. The Morgan fingerprint density at radius 1 is 1.14 bits per heavy atom. The van der Waals surface area contributed by atoms with E-state index in [0.29, 0.717) is 6.04 Å². The number of nitrogens with one attached hydrogen (secondary N) is 1. The molecule has 3 heteroatoms. The van der Waals surface area contributed by atoms with Crippen molar-refractivity contribution in [1.29, 1.82) is 0 Å². The van der Waals surface area contributed by atoms with Gasteiger partial charge in [-0.15, -0.1) is 11.3 Å². The summed E-state index contributed by atoms with van der Waals surface area (Å²) in [6.45, 7) is 5.61. The van der Waals surface area contributed by atoms with E-state index in [-0.39, 0.29) is 0 Å². The van der Waals surface area contributed by atoms with Crippen LogP contribution in [0.4, 0.5) is 0 Å². The summed E-state index contributed by atoms with van der Waals surface area (Å²) in [5.74, 6) is 0. The molecule has 0 spiro atoms. The number of para-hydroxylation sites is 1. The number of aromatic nitrogens is 1. The molecule has 2 aromatic rings. The zero-order valence-electron chi connectivity index (χ0n) is 13.4. The van der Waals surface area contributed by atoms with Crippen molar-refractivity contribution in [2.45, 2.75) is 64.8 Å². The highest BCUT2D eigenvalue weighted by Crippen LogP contribution is 2.21. The molecule has 2 rings (SSSR count). The van der Waals surface area contributed by atoms with Crippen LogP contribution in [0.3, 0.4) is 0 Å². The largest absolute Gasteiger partial charge is 0.314 e. The summed E-state index contributed by atoms with van der Waals surface area (Å²) in [6, 6.07) is 9.03. The van der Waals surface area contributed by atoms with E-state index in [1.54, 1.807) is 0 Å². The van der Waals surface area contributed by atoms with E-state index in [1.807, 2.05) is 11.3 Å². The molecule has 1 atom stereocenters. The lowest BCUT2D eigenvalue weighted by Gasteiger charge is -2.12. The number of unbranched alkanes of at least 4 members (excludes halogenated alkanes) is 4. The standard InChI is InChI=1S/C18H28N2S/c1-3-4-5-6-7-10-15(2)19-14-13-18-20-16-11-8-9-12-17(16)21-18/h8-9,11-12,15,19H,3-7,10,13-14H2,1-2H3. The van der Waals surface area contributed by atoms with Gasteiger partial charge in [-0.3, -0.25) is 0 Å². The highest BCUT2D eigenvalue weighted by Gasteiger charge is 2.04. The highest BCUT2D eigenvalue weighted by molar-refractivity contribution is 7.18. The van der Waals surface area contributed by atoms with E-state index in [4.69, 9.17) is 0 Å². The Labute approximate surface area is 133 Å². The normalized spacial score (nSPS) is 12.9. The first-order chi connectivity index (χ1) is 10.3. The van der Waals surface area contributed by atoms with Gasteiger partial charge in [0, 0.05) is 19.0 Å². The van der Waals surface area contributed by atoms with Crippen LogP contribution in [0.15, 0.2) is 24.3 Å². The molecule has 0 aliphatic heterocycles. The first-order valence-electron chi connectivity index (χ1n) is 8.37. The highest BCUT2D eigenvalue weighted by atomic mass is 32.1. The molecule has 0 aliphatic carbocycles. The van der Waals surface area contributed by atoms with E-state index in [9.17, 15) is 0 Å². The molecule has 1 N–H and O–H groups in total. The predicted molar refractivity (Wildman–Crippen MR) is 94.2 cm³/mol. The van der Waals surface area contributed by atoms with Crippen molar-refractivity contribution in [3.63, 3.8) is 0 Å². The van der Waals surface area contributed by atoms with E-state index in [2.05, 4.69) is 48.4 Å². The minimum absolute atomic E-state index is 0.626. The van der Waals surface area contributed by atoms with Crippen LogP contribution in [0.5, 0.6) is 0 Å². The number of nitrogens with zero attached hydrogens (tertiary/aromatic N) is 1. The van der Waals surface area contributed by atoms with Gasteiger partial charge in [0.1, 0.15) is 0 Å². The van der Waals surface area contributed by atoms with Crippen molar-refractivity contribution in [2.24, 2.45) is 0 Å². The first-order valence-corrected chi connectivity index (χ1v) is 9.19. The van der Waals surface area contributed by atoms with Gasteiger partial charge in [0.05, 0.1) is 15.2 Å². The van der Waals surface area contributed by atoms with Gasteiger partial charge >= 0.3 is 0 Å². The number of rotatable bonds is 10. The lowest BCUT2D eigenvalue weighted by atomic mass is 10.1. The van der Waals surface area contributed by atoms with E-state index in [1.165, 1.54) is 48.2 Å². The maximum Gasteiger partial charge on any atom is 0.0951 e. The maximum atomic E-state index is 4.68. The summed E-state index contributed by atoms with van der Waals surface area (Å²) in [5.41, 5.74) is 1.14. The Morgan fingerprint density at radius 2 is 1.95 bits per heavy atom. The van der Waals surface area contributed by atoms with Crippen LogP contribution >= 0.6 is 11.3 Å². The third-order valence-electron chi connectivity index (χ3n) is 3.91. The molecule has 1 aromatic carbocycles. The van der Waals surface area contributed by atoms with Gasteiger partial charge in [-0.05, 0) is 25.5 Å². The molecule has 0 saturated heterocycles. The van der Waals surface area contributed by atoms with Crippen LogP contribution in [0.25, 0.3) is 10.2 Å². The summed E-state index contributed by atoms with van der Waals surface area (Å²) in [5, 5.41) is 4.88. The molecule has 0 amide bonds. The average Bonchev–Trinajstić information content (AvgIpc) is 2.89. The number of hydrogen-bond acceptors (Lipinski definition) is 3. The summed E-state index contributed by atoms with van der Waals surface area (Å²) in [6.07, 6.45) is 9.19. The topological polar surface area (TPSA) is 24.9 Å². The van der Waals surface area contributed by atoms with Gasteiger partial charge in [-0.25, -0.2) is 4.98 Å². The zero-order valence-corrected chi connectivity index (χ0v) is 14.2. The molecular formula is C18H28N2S. The predicted octanol–water partition coefficient (Wildman–Crippen LogP) is 5.18. The van der Waals surface area contributed by atoms with Crippen molar-refractivity contribution in [3.05, 3.63) is 29.3 Å². The van der Waals surface area contributed by atoms with Gasteiger partial charge < -0.3 is 5.32 Å². The smallest absolute Gasteiger partial charge is 0.0951 e. The molecule has 1 aromatic heterocycles. The van der Waals surface area contributed by atoms with Crippen molar-refractivity contribution in [3.8, 4) is 0 Å². The third kappa shape index (κ3) is 5.76. The van der Waals surface area contributed by atoms with Gasteiger partial charge in [-0.2, -0.15) is 0 Å². The lowest BCUT2D eigenvalue weighted by molar-refractivity contribution is 0.483. The van der Waals surface area contributed by atoms with Crippen LogP contribution in [-0.4, -0.2) is 17.6 Å². The fourth-order valence-electron chi connectivity index (χ4n) is 2.61. The Morgan fingerprint density at radius 3 is 2.76 bits per heavy atom. The quantitative estimate of drug-likeness (QED) is 0.612. The Balaban J connectivity index is 1.62. The van der Waals surface area contributed by atoms with E-state index >= 15 is 0 Å². The number of benzene rings is 1. The van der Waals surface area contributed by atoms with Crippen molar-refractivity contribution in [1.82, 2.24) is 10.3 Å². The monoisotopic (exact) mass is 304 g/mol. The van der Waals surface area contributed by atoms with Gasteiger partial charge in [0.2, 0.25) is 0 Å². The van der Waals surface area contributed by atoms with Crippen molar-refractivity contribution < 1.29 is 0 Å². The second-order valence-corrected chi connectivity index (χ2v) is 7.00. The van der Waals surface area contributed by atoms with Crippen LogP contribution in [0, 0.1) is 0 Å². The summed E-state index contributed by atoms with van der Waals surface area (Å²) in [4.78, 5) is 4.68. The second-order valence-electron chi connectivity index (χ2n) is 5.88. The Hall–Kier alpha value is -0.930. The molecule has 0 fully saturated rings. The minimum atomic E-state index is 0.626. The van der Waals surface area contributed by atoms with Crippen molar-refractivity contribution in [2.75, 3.05) is 6.54 Å². The van der Waals surface area contributed by atoms with Crippen LogP contribution < -0.4 is 5.32 Å². The fraction of sp³-hybridized carbons (Fsp3) is 0.611. The van der Waals surface area contributed by atoms with Crippen LogP contribution in [0.2, 0.25) is 0 Å². The zero-order chi connectivity index (χ0) is 14.9. The van der Waals surface area contributed by atoms with E-state index in [0.717, 1.165) is 18.5 Å². The summed E-state index contributed by atoms with van der Waals surface area (Å²) >= 11 is 1.82. The van der Waals surface area contributed by atoms with E-state index < -0.39 is 0 Å².